The Hall–Kier alpha value is -1.87. The number of fused-ring (bicyclic) bond motifs is 2. The molecule has 4 heteroatoms. The van der Waals surface area contributed by atoms with Crippen molar-refractivity contribution >= 4 is 29.3 Å². The van der Waals surface area contributed by atoms with Gasteiger partial charge in [-0.2, -0.15) is 0 Å². The second kappa shape index (κ2) is 4.67. The SMILES string of the molecule is O=C(CCl)N1C2=CC=C(F)CC2=Cc2ccccc21. The lowest BCUT2D eigenvalue weighted by atomic mass is 9.93. The number of rotatable bonds is 1. The molecule has 1 aromatic carbocycles. The Morgan fingerprint density at radius 1 is 1.32 bits per heavy atom. The molecule has 0 fully saturated rings. The molecule has 2 nitrogen and oxygen atoms in total. The molecule has 0 bridgehead atoms. The van der Waals surface area contributed by atoms with Crippen molar-refractivity contribution in [1.29, 1.82) is 0 Å². The minimum atomic E-state index is -0.207. The predicted molar refractivity (Wildman–Crippen MR) is 74.5 cm³/mol. The molecule has 1 aliphatic heterocycles. The molecule has 0 N–H and O–H groups in total. The van der Waals surface area contributed by atoms with Gasteiger partial charge in [-0.1, -0.05) is 18.2 Å². The van der Waals surface area contributed by atoms with E-state index in [4.69, 9.17) is 11.6 Å². The van der Waals surface area contributed by atoms with Crippen molar-refractivity contribution in [3.63, 3.8) is 0 Å². The number of para-hydroxylation sites is 1. The third-order valence-electron chi connectivity index (χ3n) is 3.22. The summed E-state index contributed by atoms with van der Waals surface area (Å²) >= 11 is 5.68. The van der Waals surface area contributed by atoms with E-state index in [1.807, 2.05) is 30.3 Å². The van der Waals surface area contributed by atoms with E-state index in [9.17, 15) is 9.18 Å². The first-order valence-electron chi connectivity index (χ1n) is 5.96. The Morgan fingerprint density at radius 2 is 2.11 bits per heavy atom. The fourth-order valence-corrected chi connectivity index (χ4v) is 2.53. The van der Waals surface area contributed by atoms with Gasteiger partial charge in [-0.3, -0.25) is 9.69 Å². The van der Waals surface area contributed by atoms with Crippen LogP contribution in [0.15, 0.2) is 53.5 Å². The summed E-state index contributed by atoms with van der Waals surface area (Å²) < 4.78 is 13.4. The maximum Gasteiger partial charge on any atom is 0.246 e. The molecule has 19 heavy (non-hydrogen) atoms. The molecule has 3 rings (SSSR count). The van der Waals surface area contributed by atoms with Gasteiger partial charge < -0.3 is 0 Å². The van der Waals surface area contributed by atoms with Gasteiger partial charge in [-0.05, 0) is 35.4 Å². The highest BCUT2D eigenvalue weighted by Crippen LogP contribution is 2.39. The van der Waals surface area contributed by atoms with Crippen LogP contribution in [0.3, 0.4) is 0 Å². The van der Waals surface area contributed by atoms with Crippen LogP contribution in [-0.4, -0.2) is 11.8 Å². The van der Waals surface area contributed by atoms with Gasteiger partial charge in [-0.25, -0.2) is 4.39 Å². The summed E-state index contributed by atoms with van der Waals surface area (Å²) in [5.74, 6) is -0.514. The summed E-state index contributed by atoms with van der Waals surface area (Å²) in [4.78, 5) is 13.6. The number of carbonyl (C=O) groups excluding carboxylic acids is 1. The quantitative estimate of drug-likeness (QED) is 0.714. The Balaban J connectivity index is 2.19. The lowest BCUT2D eigenvalue weighted by molar-refractivity contribution is -0.115. The summed E-state index contributed by atoms with van der Waals surface area (Å²) in [6.07, 6.45) is 5.16. The molecule has 1 aromatic rings. The van der Waals surface area contributed by atoms with Gasteiger partial charge >= 0.3 is 0 Å². The van der Waals surface area contributed by atoms with Crippen LogP contribution in [0.5, 0.6) is 0 Å². The van der Waals surface area contributed by atoms with E-state index in [-0.39, 0.29) is 24.0 Å². The van der Waals surface area contributed by atoms with Crippen LogP contribution in [-0.2, 0) is 4.79 Å². The Bertz CT molecular complexity index is 645. The van der Waals surface area contributed by atoms with Crippen LogP contribution >= 0.6 is 11.6 Å². The Kier molecular flexibility index (Phi) is 2.99. The smallest absolute Gasteiger partial charge is 0.246 e. The highest BCUT2D eigenvalue weighted by molar-refractivity contribution is 6.30. The number of amides is 1. The molecule has 96 valence electrons. The second-order valence-electron chi connectivity index (χ2n) is 4.43. The fraction of sp³-hybridized carbons (Fsp3) is 0.133. The zero-order chi connectivity index (χ0) is 13.4. The molecule has 1 aliphatic carbocycles. The topological polar surface area (TPSA) is 20.3 Å². The van der Waals surface area contributed by atoms with E-state index >= 15 is 0 Å². The fourth-order valence-electron chi connectivity index (χ4n) is 2.41. The van der Waals surface area contributed by atoms with Gasteiger partial charge in [0.15, 0.2) is 0 Å². The molecule has 0 atom stereocenters. The zero-order valence-corrected chi connectivity index (χ0v) is 10.8. The summed E-state index contributed by atoms with van der Waals surface area (Å²) in [6, 6.07) is 7.53. The van der Waals surface area contributed by atoms with E-state index in [2.05, 4.69) is 0 Å². The van der Waals surface area contributed by atoms with Crippen molar-refractivity contribution in [1.82, 2.24) is 0 Å². The first-order valence-corrected chi connectivity index (χ1v) is 6.49. The Morgan fingerprint density at radius 3 is 2.89 bits per heavy atom. The van der Waals surface area contributed by atoms with Gasteiger partial charge in [0, 0.05) is 6.42 Å². The van der Waals surface area contributed by atoms with Crippen molar-refractivity contribution in [3.05, 3.63) is 59.1 Å². The van der Waals surface area contributed by atoms with E-state index in [0.29, 0.717) is 5.70 Å². The van der Waals surface area contributed by atoms with Crippen LogP contribution in [0.4, 0.5) is 10.1 Å². The maximum atomic E-state index is 13.4. The molecule has 0 aromatic heterocycles. The van der Waals surface area contributed by atoms with Crippen molar-refractivity contribution < 1.29 is 9.18 Å². The second-order valence-corrected chi connectivity index (χ2v) is 4.70. The third-order valence-corrected chi connectivity index (χ3v) is 3.45. The third kappa shape index (κ3) is 2.00. The minimum Gasteiger partial charge on any atom is -0.279 e. The molecule has 0 unspecified atom stereocenters. The largest absolute Gasteiger partial charge is 0.279 e. The first kappa shape index (κ1) is 12.2. The number of nitrogens with zero attached hydrogens (tertiary/aromatic N) is 1. The van der Waals surface area contributed by atoms with Crippen LogP contribution in [0, 0.1) is 0 Å². The first-order chi connectivity index (χ1) is 9.20. The van der Waals surface area contributed by atoms with Gasteiger partial charge in [0.1, 0.15) is 11.7 Å². The summed E-state index contributed by atoms with van der Waals surface area (Å²) in [7, 11) is 0. The average Bonchev–Trinajstić information content (AvgIpc) is 2.43. The highest BCUT2D eigenvalue weighted by Gasteiger charge is 2.29. The standard InChI is InChI=1S/C15H11ClFNO/c16-9-15(19)18-13-4-2-1-3-10(13)7-11-8-12(17)5-6-14(11)18/h1-7H,8-9H2. The van der Waals surface area contributed by atoms with Crippen molar-refractivity contribution in [2.75, 3.05) is 10.8 Å². The molecule has 0 radical (unpaired) electrons. The van der Waals surface area contributed by atoms with Gasteiger partial charge in [-0.15, -0.1) is 11.6 Å². The summed E-state index contributed by atoms with van der Waals surface area (Å²) in [6.45, 7) is 0. The molecule has 0 spiro atoms. The van der Waals surface area contributed by atoms with Gasteiger partial charge in [0.25, 0.3) is 0 Å². The Labute approximate surface area is 115 Å². The average molecular weight is 276 g/mol. The maximum absolute atomic E-state index is 13.4. The molecular formula is C15H11ClFNO. The van der Waals surface area contributed by atoms with Crippen molar-refractivity contribution in [2.24, 2.45) is 0 Å². The zero-order valence-electron chi connectivity index (χ0n) is 10.1. The molecular weight excluding hydrogens is 265 g/mol. The summed E-state index contributed by atoms with van der Waals surface area (Å²) in [5, 5.41) is 0. The number of benzene rings is 1. The number of alkyl halides is 1. The van der Waals surface area contributed by atoms with Crippen LogP contribution in [0.2, 0.25) is 0 Å². The number of hydrogen-bond donors (Lipinski definition) is 0. The van der Waals surface area contributed by atoms with Crippen LogP contribution in [0.1, 0.15) is 12.0 Å². The number of hydrogen-bond acceptors (Lipinski definition) is 1. The van der Waals surface area contributed by atoms with Crippen molar-refractivity contribution in [2.45, 2.75) is 6.42 Å². The van der Waals surface area contributed by atoms with E-state index in [1.165, 1.54) is 6.08 Å². The van der Waals surface area contributed by atoms with Gasteiger partial charge in [0.05, 0.1) is 11.4 Å². The monoisotopic (exact) mass is 275 g/mol. The number of anilines is 1. The molecule has 0 saturated heterocycles. The number of carbonyl (C=O) groups is 1. The van der Waals surface area contributed by atoms with Crippen LogP contribution < -0.4 is 4.90 Å². The van der Waals surface area contributed by atoms with E-state index in [1.54, 1.807) is 11.0 Å². The number of allylic oxidation sites excluding steroid dienone is 4. The molecule has 2 aliphatic rings. The van der Waals surface area contributed by atoms with Crippen molar-refractivity contribution in [3.8, 4) is 0 Å². The lowest BCUT2D eigenvalue weighted by Gasteiger charge is -2.32. The van der Waals surface area contributed by atoms with E-state index in [0.717, 1.165) is 16.8 Å². The molecule has 1 amide bonds. The normalized spacial score (nSPS) is 16.9. The minimum absolute atomic E-state index is 0.106. The summed E-state index contributed by atoms with van der Waals surface area (Å²) in [5.41, 5.74) is 3.21. The lowest BCUT2D eigenvalue weighted by Crippen LogP contribution is -2.34. The molecule has 0 saturated carbocycles. The predicted octanol–water partition coefficient (Wildman–Crippen LogP) is 3.80. The highest BCUT2D eigenvalue weighted by atomic mass is 35.5. The molecule has 1 heterocycles. The number of halogens is 2. The van der Waals surface area contributed by atoms with E-state index < -0.39 is 0 Å². The van der Waals surface area contributed by atoms with Gasteiger partial charge in [0.2, 0.25) is 5.91 Å². The van der Waals surface area contributed by atoms with Crippen LogP contribution in [0.25, 0.3) is 6.08 Å².